The van der Waals surface area contributed by atoms with Crippen LogP contribution in [-0.2, 0) is 11.3 Å². The summed E-state index contributed by atoms with van der Waals surface area (Å²) in [4.78, 5) is 27.4. The van der Waals surface area contributed by atoms with E-state index in [0.717, 1.165) is 27.4 Å². The molecule has 43 heavy (non-hydrogen) atoms. The van der Waals surface area contributed by atoms with Gasteiger partial charge in [-0.2, -0.15) is 5.10 Å². The molecule has 1 aliphatic heterocycles. The molecule has 11 heteroatoms. The van der Waals surface area contributed by atoms with Crippen LogP contribution in [0.15, 0.2) is 107 Å². The number of para-hydroxylation sites is 1. The lowest BCUT2D eigenvalue weighted by Crippen LogP contribution is -2.28. The van der Waals surface area contributed by atoms with E-state index in [9.17, 15) is 14.0 Å². The predicted molar refractivity (Wildman–Crippen MR) is 166 cm³/mol. The number of hydrogen-bond donors (Lipinski definition) is 1. The summed E-state index contributed by atoms with van der Waals surface area (Å²) in [6.07, 6.45) is 0.631. The lowest BCUT2D eigenvalue weighted by molar-refractivity contribution is -0.130. The van der Waals surface area contributed by atoms with Gasteiger partial charge in [-0.05, 0) is 48.2 Å². The van der Waals surface area contributed by atoms with Crippen molar-refractivity contribution in [2.75, 3.05) is 5.75 Å². The average Bonchev–Trinajstić information content (AvgIpc) is 3.80. The summed E-state index contributed by atoms with van der Waals surface area (Å²) in [5.74, 6) is -0.784. The summed E-state index contributed by atoms with van der Waals surface area (Å²) in [7, 11) is 0. The lowest BCUT2D eigenvalue weighted by Gasteiger charge is -2.22. The molecule has 1 N–H and O–H groups in total. The second-order valence-electron chi connectivity index (χ2n) is 9.91. The SMILES string of the molecule is Cc1ccc([C@@H]2CC(c3cccs3)=NN2C(=O)CSc2nnc(CNC(=O)c3ccccc3F)n2-c2ccccc2)cc1. The van der Waals surface area contributed by atoms with Crippen molar-refractivity contribution in [3.05, 3.63) is 130 Å². The van der Waals surface area contributed by atoms with E-state index >= 15 is 0 Å². The molecule has 3 aromatic carbocycles. The van der Waals surface area contributed by atoms with Crippen LogP contribution in [-0.4, -0.2) is 43.1 Å². The molecule has 1 atom stereocenters. The maximum absolute atomic E-state index is 14.1. The van der Waals surface area contributed by atoms with Crippen LogP contribution >= 0.6 is 23.1 Å². The molecule has 2 aromatic heterocycles. The van der Waals surface area contributed by atoms with Crippen LogP contribution in [0.25, 0.3) is 5.69 Å². The molecule has 2 amide bonds. The Kier molecular flexibility index (Phi) is 8.43. The maximum Gasteiger partial charge on any atom is 0.254 e. The number of nitrogens with zero attached hydrogens (tertiary/aromatic N) is 5. The number of nitrogens with one attached hydrogen (secondary N) is 1. The van der Waals surface area contributed by atoms with Gasteiger partial charge < -0.3 is 5.32 Å². The molecular formula is C32H27FN6O2S2. The van der Waals surface area contributed by atoms with Gasteiger partial charge in [-0.3, -0.25) is 14.2 Å². The zero-order valence-electron chi connectivity index (χ0n) is 23.2. The zero-order chi connectivity index (χ0) is 29.8. The second kappa shape index (κ2) is 12.7. The predicted octanol–water partition coefficient (Wildman–Crippen LogP) is 6.18. The fourth-order valence-electron chi connectivity index (χ4n) is 4.82. The summed E-state index contributed by atoms with van der Waals surface area (Å²) >= 11 is 2.85. The van der Waals surface area contributed by atoms with Gasteiger partial charge in [-0.1, -0.05) is 78.0 Å². The molecule has 0 bridgehead atoms. The monoisotopic (exact) mass is 610 g/mol. The summed E-state index contributed by atoms with van der Waals surface area (Å²) in [6, 6.07) is 27.2. The number of thioether (sulfide) groups is 1. The van der Waals surface area contributed by atoms with Gasteiger partial charge in [0, 0.05) is 12.1 Å². The third-order valence-corrected chi connectivity index (χ3v) is 8.83. The van der Waals surface area contributed by atoms with Crippen molar-refractivity contribution >= 4 is 40.6 Å². The van der Waals surface area contributed by atoms with Crippen LogP contribution < -0.4 is 5.32 Å². The van der Waals surface area contributed by atoms with Crippen LogP contribution in [0, 0.1) is 12.7 Å². The Morgan fingerprint density at radius 3 is 2.49 bits per heavy atom. The van der Waals surface area contributed by atoms with Crippen molar-refractivity contribution in [2.45, 2.75) is 31.1 Å². The molecule has 3 heterocycles. The number of hydrogen-bond acceptors (Lipinski definition) is 7. The van der Waals surface area contributed by atoms with Gasteiger partial charge >= 0.3 is 0 Å². The minimum absolute atomic E-state index is 0.0135. The Bertz CT molecular complexity index is 1770. The Hall–Kier alpha value is -4.61. The Morgan fingerprint density at radius 1 is 0.977 bits per heavy atom. The van der Waals surface area contributed by atoms with Gasteiger partial charge in [-0.25, -0.2) is 9.40 Å². The fourth-order valence-corrected chi connectivity index (χ4v) is 6.36. The van der Waals surface area contributed by atoms with Crippen LogP contribution in [0.4, 0.5) is 4.39 Å². The molecule has 216 valence electrons. The first-order valence-corrected chi connectivity index (χ1v) is 15.5. The molecule has 0 fully saturated rings. The highest BCUT2D eigenvalue weighted by Crippen LogP contribution is 2.35. The van der Waals surface area contributed by atoms with Crippen LogP contribution in [0.1, 0.15) is 44.6 Å². The molecule has 8 nitrogen and oxygen atoms in total. The van der Waals surface area contributed by atoms with E-state index < -0.39 is 11.7 Å². The van der Waals surface area contributed by atoms with Gasteiger partial charge in [0.25, 0.3) is 11.8 Å². The molecule has 0 unspecified atom stereocenters. The van der Waals surface area contributed by atoms with Crippen molar-refractivity contribution in [1.29, 1.82) is 0 Å². The lowest BCUT2D eigenvalue weighted by atomic mass is 10.00. The van der Waals surface area contributed by atoms with E-state index in [2.05, 4.69) is 15.5 Å². The van der Waals surface area contributed by atoms with Crippen molar-refractivity contribution in [1.82, 2.24) is 25.1 Å². The number of hydrazone groups is 1. The van der Waals surface area contributed by atoms with Crippen molar-refractivity contribution < 1.29 is 14.0 Å². The molecule has 1 aliphatic rings. The highest BCUT2D eigenvalue weighted by Gasteiger charge is 2.33. The van der Waals surface area contributed by atoms with Gasteiger partial charge in [0.05, 0.1) is 34.5 Å². The fraction of sp³-hybridized carbons (Fsp3) is 0.156. The minimum Gasteiger partial charge on any atom is -0.345 e. The molecule has 0 aliphatic carbocycles. The first-order chi connectivity index (χ1) is 21.0. The summed E-state index contributed by atoms with van der Waals surface area (Å²) in [5, 5.41) is 20.2. The van der Waals surface area contributed by atoms with Crippen molar-refractivity contribution in [3.63, 3.8) is 0 Å². The van der Waals surface area contributed by atoms with E-state index in [4.69, 9.17) is 5.10 Å². The largest absolute Gasteiger partial charge is 0.345 e. The summed E-state index contributed by atoms with van der Waals surface area (Å²) in [5.41, 5.74) is 3.79. The normalized spacial score (nSPS) is 14.5. The summed E-state index contributed by atoms with van der Waals surface area (Å²) < 4.78 is 15.9. The van der Waals surface area contributed by atoms with Crippen molar-refractivity contribution in [3.8, 4) is 5.69 Å². The van der Waals surface area contributed by atoms with E-state index in [-0.39, 0.29) is 29.8 Å². The van der Waals surface area contributed by atoms with Crippen molar-refractivity contribution in [2.24, 2.45) is 5.10 Å². The van der Waals surface area contributed by atoms with Gasteiger partial charge in [0.1, 0.15) is 5.82 Å². The number of amides is 2. The molecule has 0 saturated heterocycles. The number of carbonyl (C=O) groups is 2. The zero-order valence-corrected chi connectivity index (χ0v) is 24.8. The van der Waals surface area contributed by atoms with E-state index in [1.54, 1.807) is 27.0 Å². The number of aryl methyl sites for hydroxylation is 1. The number of rotatable bonds is 9. The maximum atomic E-state index is 14.1. The van der Waals surface area contributed by atoms with E-state index in [1.165, 1.54) is 30.0 Å². The van der Waals surface area contributed by atoms with Gasteiger partial charge in [0.15, 0.2) is 11.0 Å². The van der Waals surface area contributed by atoms with Crippen LogP contribution in [0.5, 0.6) is 0 Å². The Labute approximate surface area is 256 Å². The molecule has 0 spiro atoms. The second-order valence-corrected chi connectivity index (χ2v) is 11.8. The standard InChI is InChI=1S/C32H27FN6O2S2/c1-21-13-15-22(16-14-21)27-18-26(28-12-7-17-42-28)37-39(27)30(40)20-43-32-36-35-29(38(32)23-8-3-2-4-9-23)19-34-31(41)24-10-5-6-11-25(24)33/h2-17,27H,18-20H2,1H3,(H,34,41)/t27-/m0/s1. The average molecular weight is 611 g/mol. The first kappa shape index (κ1) is 28.5. The highest BCUT2D eigenvalue weighted by atomic mass is 32.2. The highest BCUT2D eigenvalue weighted by molar-refractivity contribution is 7.99. The van der Waals surface area contributed by atoms with Crippen LogP contribution in [0.3, 0.4) is 0 Å². The molecule has 0 radical (unpaired) electrons. The van der Waals surface area contributed by atoms with E-state index in [1.807, 2.05) is 79.0 Å². The minimum atomic E-state index is -0.602. The molecule has 5 aromatic rings. The van der Waals surface area contributed by atoms with E-state index in [0.29, 0.717) is 17.4 Å². The smallest absolute Gasteiger partial charge is 0.254 e. The molecule has 6 rings (SSSR count). The van der Waals surface area contributed by atoms with Gasteiger partial charge in [0.2, 0.25) is 0 Å². The third kappa shape index (κ3) is 6.27. The molecular weight excluding hydrogens is 584 g/mol. The Balaban J connectivity index is 1.22. The van der Waals surface area contributed by atoms with Gasteiger partial charge in [-0.15, -0.1) is 21.5 Å². The third-order valence-electron chi connectivity index (χ3n) is 7.00. The first-order valence-electron chi connectivity index (χ1n) is 13.6. The molecule has 0 saturated carbocycles. The Morgan fingerprint density at radius 2 is 1.74 bits per heavy atom. The number of halogens is 1. The van der Waals surface area contributed by atoms with Crippen LogP contribution in [0.2, 0.25) is 0 Å². The number of thiophene rings is 1. The summed E-state index contributed by atoms with van der Waals surface area (Å²) in [6.45, 7) is 2.05. The quantitative estimate of drug-likeness (QED) is 0.201. The topological polar surface area (TPSA) is 92.5 Å². The number of benzene rings is 3. The number of carbonyl (C=O) groups excluding carboxylic acids is 2. The number of aromatic nitrogens is 3.